The van der Waals surface area contributed by atoms with Crippen molar-refractivity contribution in [2.75, 3.05) is 19.6 Å². The molecule has 52 heavy (non-hydrogen) atoms. The minimum absolute atomic E-state index is 0.0164. The van der Waals surface area contributed by atoms with Crippen LogP contribution in [0.3, 0.4) is 0 Å². The fourth-order valence-electron chi connectivity index (χ4n) is 7.32. The van der Waals surface area contributed by atoms with E-state index < -0.39 is 12.3 Å². The van der Waals surface area contributed by atoms with Crippen LogP contribution in [0.2, 0.25) is 0 Å². The van der Waals surface area contributed by atoms with Gasteiger partial charge in [0.25, 0.3) is 0 Å². The number of H-pyrrole nitrogens is 1. The van der Waals surface area contributed by atoms with Crippen molar-refractivity contribution in [1.29, 1.82) is 0 Å². The summed E-state index contributed by atoms with van der Waals surface area (Å²) in [6, 6.07) is 31.9. The van der Waals surface area contributed by atoms with Gasteiger partial charge < -0.3 is 34.9 Å². The number of aliphatic hydroxyl groups is 1. The van der Waals surface area contributed by atoms with E-state index in [1.165, 1.54) is 0 Å². The molecule has 3 atom stereocenters. The number of amides is 1. The quantitative estimate of drug-likeness (QED) is 0.127. The number of carboxylic acids is 1. The average molecular weight is 705 g/mol. The molecule has 0 unspecified atom stereocenters. The molecule has 0 aliphatic carbocycles. The molecule has 2 saturated heterocycles. The monoisotopic (exact) mass is 704 g/mol. The Kier molecular flexibility index (Phi) is 10.9. The van der Waals surface area contributed by atoms with Gasteiger partial charge in [0.15, 0.2) is 6.29 Å². The molecule has 11 nitrogen and oxygen atoms in total. The van der Waals surface area contributed by atoms with E-state index in [2.05, 4.69) is 15.2 Å². The molecular weight excluding hydrogens is 660 g/mol. The van der Waals surface area contributed by atoms with Crippen LogP contribution in [0.15, 0.2) is 102 Å². The van der Waals surface area contributed by atoms with E-state index in [0.717, 1.165) is 76.9 Å². The van der Waals surface area contributed by atoms with E-state index in [1.54, 1.807) is 0 Å². The Labute approximate surface area is 301 Å². The lowest BCUT2D eigenvalue weighted by atomic mass is 9.98. The van der Waals surface area contributed by atoms with Gasteiger partial charge in [-0.25, -0.2) is 4.79 Å². The maximum Gasteiger partial charge on any atom is 0.326 e. The number of fused-ring (bicyclic) bond motifs is 1. The standard InChI is InChI=1S/C41H44N4O7/c46-26-27-8-10-30(11-9-27)37-23-34(25-44-20-18-33(19-21-44)45-36-7-2-1-6-35(36)43-41(45)50)51-40(52-37)31-14-12-29(13-15-31)32-5-3-4-28(22-32)24-42-38(47)16-17-39(48)49/h1-15,22,33-34,37,40,46H,16-21,23-26H2,(H,42,47)(H,43,50)(H,48,49)/t34-,37+,40+/m0/s1. The summed E-state index contributed by atoms with van der Waals surface area (Å²) in [6.45, 7) is 2.76. The number of imidazole rings is 1. The van der Waals surface area contributed by atoms with Gasteiger partial charge in [0.1, 0.15) is 0 Å². The number of nitrogens with zero attached hydrogens (tertiary/aromatic N) is 2. The van der Waals surface area contributed by atoms with Crippen molar-refractivity contribution in [1.82, 2.24) is 19.8 Å². The van der Waals surface area contributed by atoms with E-state index in [4.69, 9.17) is 14.6 Å². The van der Waals surface area contributed by atoms with Gasteiger partial charge in [-0.1, -0.05) is 78.9 Å². The summed E-state index contributed by atoms with van der Waals surface area (Å²) in [4.78, 5) is 41.1. The zero-order valence-electron chi connectivity index (χ0n) is 28.9. The fourth-order valence-corrected chi connectivity index (χ4v) is 7.32. The molecule has 4 N–H and O–H groups in total. The van der Waals surface area contributed by atoms with E-state index in [-0.39, 0.29) is 49.3 Å². The molecule has 4 aromatic carbocycles. The van der Waals surface area contributed by atoms with Crippen molar-refractivity contribution < 1.29 is 29.3 Å². The van der Waals surface area contributed by atoms with Crippen molar-refractivity contribution in [2.24, 2.45) is 0 Å². The smallest absolute Gasteiger partial charge is 0.326 e. The van der Waals surface area contributed by atoms with Crippen molar-refractivity contribution in [3.8, 4) is 11.1 Å². The SMILES string of the molecule is O=C(O)CCC(=O)NCc1cccc(-c2ccc([C@@H]3O[C@H](CN4CCC(n5c(=O)[nH]c6ccccc65)CC4)C[C@H](c4ccc(CO)cc4)O3)cc2)c1. The van der Waals surface area contributed by atoms with Crippen molar-refractivity contribution in [3.05, 3.63) is 130 Å². The normalized spacial score (nSPS) is 19.8. The van der Waals surface area contributed by atoms with Crippen LogP contribution < -0.4 is 11.0 Å². The first kappa shape index (κ1) is 35.3. The summed E-state index contributed by atoms with van der Waals surface area (Å²) >= 11 is 0. The molecular formula is C41H44N4O7. The van der Waals surface area contributed by atoms with Crippen LogP contribution in [0.4, 0.5) is 0 Å². The molecule has 3 heterocycles. The van der Waals surface area contributed by atoms with Gasteiger partial charge in [-0.2, -0.15) is 0 Å². The number of nitrogens with one attached hydrogen (secondary N) is 2. The highest BCUT2D eigenvalue weighted by atomic mass is 16.7. The number of hydrogen-bond donors (Lipinski definition) is 4. The Morgan fingerprint density at radius 1 is 0.827 bits per heavy atom. The second-order valence-electron chi connectivity index (χ2n) is 13.7. The molecule has 5 aromatic rings. The minimum atomic E-state index is -0.995. The number of aromatic amines is 1. The summed E-state index contributed by atoms with van der Waals surface area (Å²) in [7, 11) is 0. The van der Waals surface area contributed by atoms with Crippen LogP contribution in [0.5, 0.6) is 0 Å². The van der Waals surface area contributed by atoms with E-state index in [0.29, 0.717) is 13.0 Å². The molecule has 1 amide bonds. The number of hydrogen-bond acceptors (Lipinski definition) is 7. The molecule has 7 rings (SSSR count). The molecule has 2 aliphatic rings. The molecule has 0 radical (unpaired) electrons. The van der Waals surface area contributed by atoms with Crippen molar-refractivity contribution >= 4 is 22.9 Å². The lowest BCUT2D eigenvalue weighted by Crippen LogP contribution is -2.43. The topological polar surface area (TPSA) is 146 Å². The number of likely N-dealkylation sites (tertiary alicyclic amines) is 1. The van der Waals surface area contributed by atoms with E-state index in [1.807, 2.05) is 102 Å². The number of carboxylic acid groups (broad SMARTS) is 1. The molecule has 270 valence electrons. The van der Waals surface area contributed by atoms with Gasteiger partial charge >= 0.3 is 11.7 Å². The summed E-state index contributed by atoms with van der Waals surface area (Å²) < 4.78 is 15.2. The second-order valence-corrected chi connectivity index (χ2v) is 13.7. The highest BCUT2D eigenvalue weighted by molar-refractivity contribution is 5.80. The van der Waals surface area contributed by atoms with Crippen LogP contribution in [0.1, 0.15) is 72.8 Å². The largest absolute Gasteiger partial charge is 0.481 e. The highest BCUT2D eigenvalue weighted by Gasteiger charge is 2.34. The van der Waals surface area contributed by atoms with Crippen LogP contribution in [0, 0.1) is 0 Å². The Bertz CT molecular complexity index is 2050. The third kappa shape index (κ3) is 8.35. The van der Waals surface area contributed by atoms with Gasteiger partial charge in [0, 0.05) is 50.6 Å². The third-order valence-electron chi connectivity index (χ3n) is 10.1. The molecule has 0 spiro atoms. The second kappa shape index (κ2) is 16.1. The molecule has 2 fully saturated rings. The number of carbonyl (C=O) groups is 2. The number of rotatable bonds is 12. The number of aromatic nitrogens is 2. The molecule has 0 saturated carbocycles. The molecule has 11 heteroatoms. The van der Waals surface area contributed by atoms with Gasteiger partial charge in [-0.05, 0) is 58.9 Å². The fraction of sp³-hybridized carbons (Fsp3) is 0.341. The van der Waals surface area contributed by atoms with Crippen LogP contribution in [-0.2, 0) is 32.2 Å². The number of ether oxygens (including phenoxy) is 2. The summed E-state index contributed by atoms with van der Waals surface area (Å²) in [6.07, 6.45) is 1.33. The number of aliphatic carboxylic acids is 1. The van der Waals surface area contributed by atoms with Crippen LogP contribution in [0.25, 0.3) is 22.2 Å². The Morgan fingerprint density at radius 3 is 2.33 bits per heavy atom. The predicted molar refractivity (Wildman–Crippen MR) is 196 cm³/mol. The summed E-state index contributed by atoms with van der Waals surface area (Å²) in [5.74, 6) is -1.29. The number of carbonyl (C=O) groups excluding carboxylic acids is 1. The average Bonchev–Trinajstić information content (AvgIpc) is 3.52. The number of aliphatic hydroxyl groups excluding tert-OH is 1. The summed E-state index contributed by atoms with van der Waals surface area (Å²) in [5.41, 5.74) is 7.47. The lowest BCUT2D eigenvalue weighted by molar-refractivity contribution is -0.253. The molecule has 0 bridgehead atoms. The van der Waals surface area contributed by atoms with Crippen LogP contribution >= 0.6 is 0 Å². The first-order valence-electron chi connectivity index (χ1n) is 17.9. The third-order valence-corrected chi connectivity index (χ3v) is 10.1. The first-order chi connectivity index (χ1) is 25.3. The van der Waals surface area contributed by atoms with Crippen LogP contribution in [-0.4, -0.2) is 62.3 Å². The number of piperidine rings is 1. The predicted octanol–water partition coefficient (Wildman–Crippen LogP) is 5.85. The maximum absolute atomic E-state index is 12.8. The maximum atomic E-state index is 12.8. The highest BCUT2D eigenvalue weighted by Crippen LogP contribution is 2.39. The van der Waals surface area contributed by atoms with Gasteiger partial charge in [0.2, 0.25) is 5.91 Å². The van der Waals surface area contributed by atoms with Crippen molar-refractivity contribution in [3.63, 3.8) is 0 Å². The number of para-hydroxylation sites is 2. The van der Waals surface area contributed by atoms with E-state index >= 15 is 0 Å². The first-order valence-corrected chi connectivity index (χ1v) is 17.9. The lowest BCUT2D eigenvalue weighted by Gasteiger charge is -2.40. The minimum Gasteiger partial charge on any atom is -0.481 e. The van der Waals surface area contributed by atoms with Gasteiger partial charge in [0.05, 0.1) is 36.3 Å². The molecule has 2 aliphatic heterocycles. The zero-order chi connectivity index (χ0) is 36.0. The Morgan fingerprint density at radius 2 is 1.58 bits per heavy atom. The number of benzene rings is 4. The zero-order valence-corrected chi connectivity index (χ0v) is 28.9. The molecule has 1 aromatic heterocycles. The Balaban J connectivity index is 1.03. The van der Waals surface area contributed by atoms with Crippen molar-refractivity contribution in [2.45, 2.75) is 69.8 Å². The van der Waals surface area contributed by atoms with Gasteiger partial charge in [-0.3, -0.25) is 14.2 Å². The Hall–Kier alpha value is -5.07. The summed E-state index contributed by atoms with van der Waals surface area (Å²) in [5, 5.41) is 21.2. The van der Waals surface area contributed by atoms with E-state index in [9.17, 15) is 19.5 Å². The van der Waals surface area contributed by atoms with Gasteiger partial charge in [-0.15, -0.1) is 0 Å².